The molecule has 0 bridgehead atoms. The van der Waals surface area contributed by atoms with E-state index in [2.05, 4.69) is 11.0 Å². The van der Waals surface area contributed by atoms with Crippen molar-refractivity contribution < 1.29 is 19.3 Å². The molecule has 1 spiro atoms. The van der Waals surface area contributed by atoms with Crippen LogP contribution in [0.5, 0.6) is 5.75 Å². The number of rotatable bonds is 6. The normalized spacial score (nSPS) is 28.3. The molecule has 2 saturated heterocycles. The Kier molecular flexibility index (Phi) is 5.54. The Balaban J connectivity index is 1.60. The van der Waals surface area contributed by atoms with Gasteiger partial charge in [-0.1, -0.05) is 12.1 Å². The number of aliphatic hydroxyl groups excluding tert-OH is 1. The van der Waals surface area contributed by atoms with Gasteiger partial charge in [0.2, 0.25) is 0 Å². The van der Waals surface area contributed by atoms with Gasteiger partial charge in [-0.25, -0.2) is 0 Å². The number of piperidine rings is 1. The monoisotopic (exact) mass is 321 g/mol. The van der Waals surface area contributed by atoms with Crippen molar-refractivity contribution in [2.45, 2.75) is 37.5 Å². The molecule has 0 amide bonds. The average molecular weight is 321 g/mol. The molecule has 0 radical (unpaired) electrons. The second kappa shape index (κ2) is 7.62. The number of methoxy groups -OCH3 is 1. The summed E-state index contributed by atoms with van der Waals surface area (Å²) in [5.41, 5.74) is 1.16. The van der Waals surface area contributed by atoms with Crippen molar-refractivity contribution in [3.63, 3.8) is 0 Å². The molecule has 0 unspecified atom stereocenters. The largest absolute Gasteiger partial charge is 0.491 e. The summed E-state index contributed by atoms with van der Waals surface area (Å²) < 4.78 is 17.3. The molecule has 2 heterocycles. The third-order valence-electron chi connectivity index (χ3n) is 4.94. The highest BCUT2D eigenvalue weighted by atomic mass is 16.5. The first-order valence-corrected chi connectivity index (χ1v) is 8.47. The van der Waals surface area contributed by atoms with Crippen LogP contribution in [0, 0.1) is 0 Å². The van der Waals surface area contributed by atoms with Gasteiger partial charge in [-0.15, -0.1) is 0 Å². The molecule has 1 aromatic rings. The second-order valence-corrected chi connectivity index (χ2v) is 6.45. The van der Waals surface area contributed by atoms with Gasteiger partial charge in [0, 0.05) is 33.4 Å². The van der Waals surface area contributed by atoms with Gasteiger partial charge in [-0.3, -0.25) is 4.90 Å². The predicted octanol–water partition coefficient (Wildman–Crippen LogP) is 1.83. The van der Waals surface area contributed by atoms with Gasteiger partial charge in [0.25, 0.3) is 0 Å². The maximum Gasteiger partial charge on any atom is 0.119 e. The number of hydrogen-bond donors (Lipinski definition) is 1. The van der Waals surface area contributed by atoms with Gasteiger partial charge in [0.1, 0.15) is 12.4 Å². The number of ether oxygens (including phenoxy) is 3. The van der Waals surface area contributed by atoms with E-state index in [0.29, 0.717) is 6.61 Å². The number of hydrogen-bond acceptors (Lipinski definition) is 5. The number of likely N-dealkylation sites (tertiary alicyclic amines) is 1. The molecule has 2 fully saturated rings. The maximum absolute atomic E-state index is 8.86. The molecule has 0 saturated carbocycles. The van der Waals surface area contributed by atoms with Crippen LogP contribution in [-0.2, 0) is 16.0 Å². The van der Waals surface area contributed by atoms with Crippen LogP contribution < -0.4 is 4.74 Å². The fourth-order valence-corrected chi connectivity index (χ4v) is 3.76. The SMILES string of the molecule is CO[C@H]1CN(Cc2cccc(OCCO)c2)CC[C@@]12CCCO2. The van der Waals surface area contributed by atoms with Crippen LogP contribution in [-0.4, -0.2) is 61.7 Å². The first-order chi connectivity index (χ1) is 11.3. The van der Waals surface area contributed by atoms with Gasteiger partial charge in [-0.05, 0) is 37.0 Å². The van der Waals surface area contributed by atoms with Crippen LogP contribution in [0.15, 0.2) is 24.3 Å². The van der Waals surface area contributed by atoms with Gasteiger partial charge in [0.15, 0.2) is 0 Å². The smallest absolute Gasteiger partial charge is 0.119 e. The maximum atomic E-state index is 8.86. The van der Waals surface area contributed by atoms with Crippen LogP contribution in [0.4, 0.5) is 0 Å². The van der Waals surface area contributed by atoms with Crippen molar-refractivity contribution in [1.82, 2.24) is 4.90 Å². The molecule has 1 aromatic carbocycles. The fourth-order valence-electron chi connectivity index (χ4n) is 3.76. The van der Waals surface area contributed by atoms with E-state index in [0.717, 1.165) is 51.3 Å². The zero-order valence-corrected chi connectivity index (χ0v) is 13.9. The lowest BCUT2D eigenvalue weighted by Crippen LogP contribution is -2.55. The van der Waals surface area contributed by atoms with E-state index in [-0.39, 0.29) is 18.3 Å². The molecule has 5 nitrogen and oxygen atoms in total. The molecule has 128 valence electrons. The minimum Gasteiger partial charge on any atom is -0.491 e. The molecule has 2 aliphatic heterocycles. The summed E-state index contributed by atoms with van der Waals surface area (Å²) in [6, 6.07) is 8.09. The molecule has 3 rings (SSSR count). The quantitative estimate of drug-likeness (QED) is 0.866. The molecular formula is C18H27NO4. The standard InChI is InChI=1S/C18H27NO4/c1-21-17-14-19(8-7-18(17)6-3-10-23-18)13-15-4-2-5-16(12-15)22-11-9-20/h2,4-5,12,17,20H,3,6-11,13-14H2,1H3/t17-,18-/m0/s1. The summed E-state index contributed by atoms with van der Waals surface area (Å²) in [7, 11) is 1.79. The van der Waals surface area contributed by atoms with Crippen molar-refractivity contribution >= 4 is 0 Å². The van der Waals surface area contributed by atoms with Crippen LogP contribution in [0.1, 0.15) is 24.8 Å². The van der Waals surface area contributed by atoms with Crippen LogP contribution in [0.3, 0.4) is 0 Å². The third-order valence-corrected chi connectivity index (χ3v) is 4.94. The van der Waals surface area contributed by atoms with E-state index < -0.39 is 0 Å². The summed E-state index contributed by atoms with van der Waals surface area (Å²) in [6.07, 6.45) is 3.44. The van der Waals surface area contributed by atoms with Crippen LogP contribution >= 0.6 is 0 Å². The molecule has 2 aliphatic rings. The van der Waals surface area contributed by atoms with E-state index in [1.807, 2.05) is 18.2 Å². The van der Waals surface area contributed by atoms with Crippen LogP contribution in [0.25, 0.3) is 0 Å². The molecule has 23 heavy (non-hydrogen) atoms. The zero-order valence-electron chi connectivity index (χ0n) is 13.9. The van der Waals surface area contributed by atoms with Crippen molar-refractivity contribution in [2.75, 3.05) is 40.0 Å². The Morgan fingerprint density at radius 2 is 2.30 bits per heavy atom. The second-order valence-electron chi connectivity index (χ2n) is 6.45. The van der Waals surface area contributed by atoms with E-state index in [4.69, 9.17) is 19.3 Å². The van der Waals surface area contributed by atoms with E-state index >= 15 is 0 Å². The highest BCUT2D eigenvalue weighted by molar-refractivity contribution is 5.28. The summed E-state index contributed by atoms with van der Waals surface area (Å²) in [5.74, 6) is 0.812. The summed E-state index contributed by atoms with van der Waals surface area (Å²) >= 11 is 0. The van der Waals surface area contributed by atoms with Crippen molar-refractivity contribution in [2.24, 2.45) is 0 Å². The Morgan fingerprint density at radius 3 is 3.04 bits per heavy atom. The number of aliphatic hydroxyl groups is 1. The van der Waals surface area contributed by atoms with Crippen LogP contribution in [0.2, 0.25) is 0 Å². The number of benzene rings is 1. The van der Waals surface area contributed by atoms with E-state index in [9.17, 15) is 0 Å². The molecular weight excluding hydrogens is 294 g/mol. The lowest BCUT2D eigenvalue weighted by atomic mass is 9.85. The molecule has 5 heteroatoms. The summed E-state index contributed by atoms with van der Waals surface area (Å²) in [4.78, 5) is 2.42. The van der Waals surface area contributed by atoms with Gasteiger partial charge < -0.3 is 19.3 Å². The zero-order chi connectivity index (χ0) is 16.1. The first kappa shape index (κ1) is 16.7. The van der Waals surface area contributed by atoms with Crippen molar-refractivity contribution in [3.8, 4) is 5.75 Å². The summed E-state index contributed by atoms with van der Waals surface area (Å²) in [5, 5.41) is 8.86. The Labute approximate surface area is 138 Å². The minimum atomic E-state index is -0.0582. The summed E-state index contributed by atoms with van der Waals surface area (Å²) in [6.45, 7) is 4.04. The lowest BCUT2D eigenvalue weighted by Gasteiger charge is -2.44. The van der Waals surface area contributed by atoms with Gasteiger partial charge in [0.05, 0.1) is 18.3 Å². The molecule has 1 N–H and O–H groups in total. The average Bonchev–Trinajstić information content (AvgIpc) is 3.04. The third kappa shape index (κ3) is 3.86. The van der Waals surface area contributed by atoms with Crippen molar-refractivity contribution in [1.29, 1.82) is 0 Å². The molecule has 0 aromatic heterocycles. The molecule has 0 aliphatic carbocycles. The van der Waals surface area contributed by atoms with E-state index in [1.165, 1.54) is 5.56 Å². The number of nitrogens with zero attached hydrogens (tertiary/aromatic N) is 1. The van der Waals surface area contributed by atoms with Crippen molar-refractivity contribution in [3.05, 3.63) is 29.8 Å². The highest BCUT2D eigenvalue weighted by Crippen LogP contribution is 2.37. The highest BCUT2D eigenvalue weighted by Gasteiger charge is 2.46. The topological polar surface area (TPSA) is 51.2 Å². The Hall–Kier alpha value is -1.14. The Bertz CT molecular complexity index is 502. The van der Waals surface area contributed by atoms with Gasteiger partial charge >= 0.3 is 0 Å². The Morgan fingerprint density at radius 1 is 1.39 bits per heavy atom. The molecule has 2 atom stereocenters. The minimum absolute atomic E-state index is 0.0357. The lowest BCUT2D eigenvalue weighted by molar-refractivity contribution is -0.143. The van der Waals surface area contributed by atoms with E-state index in [1.54, 1.807) is 7.11 Å². The first-order valence-electron chi connectivity index (χ1n) is 8.47. The van der Waals surface area contributed by atoms with Gasteiger partial charge in [-0.2, -0.15) is 0 Å². The predicted molar refractivity (Wildman–Crippen MR) is 87.6 cm³/mol. The fraction of sp³-hybridized carbons (Fsp3) is 0.667.